The van der Waals surface area contributed by atoms with Crippen molar-refractivity contribution in [3.05, 3.63) is 27.8 Å². The lowest BCUT2D eigenvalue weighted by molar-refractivity contribution is -0.384. The third-order valence-electron chi connectivity index (χ3n) is 3.29. The number of nitrogens with two attached hydrogens (primary N) is 1. The van der Waals surface area contributed by atoms with E-state index in [2.05, 4.69) is 0 Å². The van der Waals surface area contributed by atoms with Crippen LogP contribution in [0.15, 0.2) is 17.0 Å². The molecule has 0 atom stereocenters. The predicted molar refractivity (Wildman–Crippen MR) is 81.6 cm³/mol. The lowest BCUT2D eigenvalue weighted by Gasteiger charge is -2.18. The number of anilines is 1. The van der Waals surface area contributed by atoms with Gasteiger partial charge in [0.25, 0.3) is 5.69 Å². The maximum Gasteiger partial charge on any atom is 0.293 e. The molecule has 0 saturated carbocycles. The van der Waals surface area contributed by atoms with Gasteiger partial charge < -0.3 is 5.73 Å². The number of nitro groups is 1. The van der Waals surface area contributed by atoms with Crippen LogP contribution >= 0.6 is 0 Å². The summed E-state index contributed by atoms with van der Waals surface area (Å²) < 4.78 is 26.2. The molecule has 0 heterocycles. The van der Waals surface area contributed by atoms with Gasteiger partial charge in [0.15, 0.2) is 0 Å². The van der Waals surface area contributed by atoms with E-state index in [1.165, 1.54) is 17.4 Å². The lowest BCUT2D eigenvalue weighted by Crippen LogP contribution is -2.28. The van der Waals surface area contributed by atoms with Crippen molar-refractivity contribution in [3.8, 4) is 0 Å². The van der Waals surface area contributed by atoms with Crippen molar-refractivity contribution in [2.75, 3.05) is 19.3 Å². The Morgan fingerprint density at radius 3 is 2.48 bits per heavy atom. The summed E-state index contributed by atoms with van der Waals surface area (Å²) in [7, 11) is -2.27. The van der Waals surface area contributed by atoms with Gasteiger partial charge in [-0.25, -0.2) is 12.7 Å². The van der Waals surface area contributed by atoms with Crippen molar-refractivity contribution in [1.82, 2.24) is 4.31 Å². The second-order valence-electron chi connectivity index (χ2n) is 4.97. The highest BCUT2D eigenvalue weighted by molar-refractivity contribution is 7.89. The van der Waals surface area contributed by atoms with Crippen molar-refractivity contribution in [2.45, 2.75) is 38.0 Å². The lowest BCUT2D eigenvalue weighted by atomic mass is 10.2. The molecule has 0 fully saturated rings. The van der Waals surface area contributed by atoms with Crippen molar-refractivity contribution in [1.29, 1.82) is 0 Å². The van der Waals surface area contributed by atoms with Gasteiger partial charge >= 0.3 is 0 Å². The first-order valence-electron chi connectivity index (χ1n) is 6.72. The second-order valence-corrected chi connectivity index (χ2v) is 6.98. The molecule has 0 aliphatic carbocycles. The summed E-state index contributed by atoms with van der Waals surface area (Å²) in [6.45, 7) is 3.99. The number of benzene rings is 1. The number of nitrogen functional groups attached to an aromatic ring is 1. The van der Waals surface area contributed by atoms with Crippen LogP contribution in [0.25, 0.3) is 0 Å². The highest BCUT2D eigenvalue weighted by atomic mass is 32.2. The average molecular weight is 315 g/mol. The minimum Gasteiger partial charge on any atom is -0.393 e. The fraction of sp³-hybridized carbons (Fsp3) is 0.538. The molecule has 0 spiro atoms. The summed E-state index contributed by atoms with van der Waals surface area (Å²) in [5.74, 6) is 0. The first-order chi connectivity index (χ1) is 9.71. The van der Waals surface area contributed by atoms with Crippen LogP contribution in [0.3, 0.4) is 0 Å². The Hall–Kier alpha value is -1.67. The summed E-state index contributed by atoms with van der Waals surface area (Å²) in [5.41, 5.74) is 5.54. The molecule has 0 aliphatic rings. The van der Waals surface area contributed by atoms with Crippen molar-refractivity contribution in [2.24, 2.45) is 0 Å². The zero-order valence-corrected chi connectivity index (χ0v) is 13.3. The van der Waals surface area contributed by atoms with E-state index in [9.17, 15) is 18.5 Å². The molecule has 118 valence electrons. The van der Waals surface area contributed by atoms with Crippen molar-refractivity contribution in [3.63, 3.8) is 0 Å². The third-order valence-corrected chi connectivity index (χ3v) is 5.28. The number of rotatable bonds is 7. The van der Waals surface area contributed by atoms with Crippen LogP contribution in [0.1, 0.15) is 31.7 Å². The Morgan fingerprint density at radius 1 is 1.33 bits per heavy atom. The zero-order valence-electron chi connectivity index (χ0n) is 12.5. The number of sulfonamides is 1. The SMILES string of the molecule is CCCCCN(C)S(=O)(=O)c1cc([N+](=O)[O-])c(N)cc1C. The molecule has 0 bridgehead atoms. The summed E-state index contributed by atoms with van der Waals surface area (Å²) in [4.78, 5) is 10.2. The normalized spacial score (nSPS) is 11.8. The highest BCUT2D eigenvalue weighted by Crippen LogP contribution is 2.29. The van der Waals surface area contributed by atoms with E-state index in [0.29, 0.717) is 12.1 Å². The number of hydrogen-bond acceptors (Lipinski definition) is 5. The summed E-state index contributed by atoms with van der Waals surface area (Å²) in [6.07, 6.45) is 2.67. The van der Waals surface area contributed by atoms with E-state index < -0.39 is 14.9 Å². The molecule has 0 unspecified atom stereocenters. The van der Waals surface area contributed by atoms with Crippen LogP contribution in [-0.4, -0.2) is 31.2 Å². The minimum atomic E-state index is -3.75. The van der Waals surface area contributed by atoms with Crippen LogP contribution in [-0.2, 0) is 10.0 Å². The van der Waals surface area contributed by atoms with Crippen LogP contribution in [0, 0.1) is 17.0 Å². The fourth-order valence-corrected chi connectivity index (χ4v) is 3.44. The van der Waals surface area contributed by atoms with Crippen LogP contribution in [0.4, 0.5) is 11.4 Å². The van der Waals surface area contributed by atoms with Crippen LogP contribution in [0.5, 0.6) is 0 Å². The molecule has 1 rings (SSSR count). The summed E-state index contributed by atoms with van der Waals surface area (Å²) >= 11 is 0. The molecule has 1 aromatic carbocycles. The van der Waals surface area contributed by atoms with E-state index in [-0.39, 0.29) is 16.3 Å². The Labute approximate surface area is 124 Å². The molecule has 7 nitrogen and oxygen atoms in total. The van der Waals surface area contributed by atoms with Gasteiger partial charge in [0.1, 0.15) is 5.69 Å². The van der Waals surface area contributed by atoms with Gasteiger partial charge in [-0.15, -0.1) is 0 Å². The van der Waals surface area contributed by atoms with Gasteiger partial charge in [-0.3, -0.25) is 10.1 Å². The van der Waals surface area contributed by atoms with Gasteiger partial charge in [-0.2, -0.15) is 0 Å². The van der Waals surface area contributed by atoms with Crippen LogP contribution < -0.4 is 5.73 Å². The first kappa shape index (κ1) is 17.4. The molecule has 0 aliphatic heterocycles. The van der Waals surface area contributed by atoms with Crippen LogP contribution in [0.2, 0.25) is 0 Å². The number of hydrogen-bond donors (Lipinski definition) is 1. The van der Waals surface area contributed by atoms with Gasteiger partial charge in [0.2, 0.25) is 10.0 Å². The predicted octanol–water partition coefficient (Wildman–Crippen LogP) is 2.30. The van der Waals surface area contributed by atoms with E-state index >= 15 is 0 Å². The van der Waals surface area contributed by atoms with E-state index in [4.69, 9.17) is 5.73 Å². The number of nitrogens with zero attached hydrogens (tertiary/aromatic N) is 2. The average Bonchev–Trinajstić information content (AvgIpc) is 2.37. The topological polar surface area (TPSA) is 107 Å². The minimum absolute atomic E-state index is 0.0370. The molecule has 1 aromatic rings. The molecule has 0 saturated heterocycles. The first-order valence-corrected chi connectivity index (χ1v) is 8.16. The quantitative estimate of drug-likeness (QED) is 0.359. The Balaban J connectivity index is 3.19. The van der Waals surface area contributed by atoms with E-state index in [1.54, 1.807) is 6.92 Å². The summed E-state index contributed by atoms with van der Waals surface area (Å²) in [6, 6.07) is 2.36. The molecule has 0 radical (unpaired) electrons. The molecule has 0 aromatic heterocycles. The highest BCUT2D eigenvalue weighted by Gasteiger charge is 2.26. The zero-order chi connectivity index (χ0) is 16.2. The number of aryl methyl sites for hydroxylation is 1. The van der Waals surface area contributed by atoms with E-state index in [1.807, 2.05) is 6.92 Å². The molecule has 2 N–H and O–H groups in total. The Bertz CT molecular complexity index is 629. The Morgan fingerprint density at radius 2 is 1.95 bits per heavy atom. The van der Waals surface area contributed by atoms with Gasteiger partial charge in [-0.1, -0.05) is 19.8 Å². The largest absolute Gasteiger partial charge is 0.393 e. The van der Waals surface area contributed by atoms with E-state index in [0.717, 1.165) is 25.3 Å². The second kappa shape index (κ2) is 6.86. The molecule has 0 amide bonds. The smallest absolute Gasteiger partial charge is 0.293 e. The van der Waals surface area contributed by atoms with Gasteiger partial charge in [-0.05, 0) is 25.0 Å². The fourth-order valence-electron chi connectivity index (χ4n) is 2.01. The maximum atomic E-state index is 12.5. The number of nitro benzene ring substituents is 1. The molecular weight excluding hydrogens is 294 g/mol. The maximum absolute atomic E-state index is 12.5. The number of unbranched alkanes of at least 4 members (excludes halogenated alkanes) is 2. The standard InChI is InChI=1S/C13H21N3O4S/c1-4-5-6-7-15(3)21(19,20)13-9-12(16(17)18)11(14)8-10(13)2/h8-9H,4-7,14H2,1-3H3. The molecular formula is C13H21N3O4S. The Kier molecular flexibility index (Phi) is 5.68. The van der Waals surface area contributed by atoms with Gasteiger partial charge in [0, 0.05) is 19.7 Å². The molecule has 8 heteroatoms. The molecule has 21 heavy (non-hydrogen) atoms. The van der Waals surface area contributed by atoms with Crippen molar-refractivity contribution < 1.29 is 13.3 Å². The van der Waals surface area contributed by atoms with Crippen molar-refractivity contribution >= 4 is 21.4 Å². The third kappa shape index (κ3) is 3.92. The monoisotopic (exact) mass is 315 g/mol. The van der Waals surface area contributed by atoms with Gasteiger partial charge in [0.05, 0.1) is 9.82 Å². The summed E-state index contributed by atoms with van der Waals surface area (Å²) in [5, 5.41) is 10.9.